The van der Waals surface area contributed by atoms with Crippen LogP contribution in [0.4, 0.5) is 5.69 Å². The predicted octanol–water partition coefficient (Wildman–Crippen LogP) is 3.66. The van der Waals surface area contributed by atoms with Crippen molar-refractivity contribution in [1.82, 2.24) is 0 Å². The molecule has 0 saturated carbocycles. The Balaban J connectivity index is 2.27. The second-order valence-electron chi connectivity index (χ2n) is 6.27. The van der Waals surface area contributed by atoms with Crippen LogP contribution >= 0.6 is 11.3 Å². The third-order valence-corrected chi connectivity index (χ3v) is 5.24. The molecule has 0 amide bonds. The van der Waals surface area contributed by atoms with Gasteiger partial charge in [0.15, 0.2) is 0 Å². The number of anilines is 1. The highest BCUT2D eigenvalue weighted by atomic mass is 32.1. The molecule has 3 nitrogen and oxygen atoms in total. The van der Waals surface area contributed by atoms with Crippen molar-refractivity contribution in [2.45, 2.75) is 47.0 Å². The number of ether oxygens (including phenoxy) is 1. The summed E-state index contributed by atoms with van der Waals surface area (Å²) in [5, 5.41) is 0. The van der Waals surface area contributed by atoms with E-state index in [4.69, 9.17) is 10.5 Å². The van der Waals surface area contributed by atoms with Gasteiger partial charge in [-0.05, 0) is 43.1 Å². The van der Waals surface area contributed by atoms with E-state index in [-0.39, 0.29) is 5.97 Å². The number of nitrogens with two attached hydrogens (primary N) is 1. The molecule has 0 bridgehead atoms. The van der Waals surface area contributed by atoms with Gasteiger partial charge in [0.1, 0.15) is 4.88 Å². The lowest BCUT2D eigenvalue weighted by Crippen LogP contribution is -2.26. The lowest BCUT2D eigenvalue weighted by molar-refractivity contribution is 0.0533. The molecule has 4 heteroatoms. The van der Waals surface area contributed by atoms with E-state index in [0.29, 0.717) is 28.5 Å². The number of nitrogen functional groups attached to an aromatic ring is 1. The van der Waals surface area contributed by atoms with Gasteiger partial charge in [-0.25, -0.2) is 4.79 Å². The van der Waals surface area contributed by atoms with Crippen molar-refractivity contribution in [1.29, 1.82) is 0 Å². The maximum absolute atomic E-state index is 11.9. The summed E-state index contributed by atoms with van der Waals surface area (Å²) >= 11 is 1.53. The molecule has 0 saturated heterocycles. The maximum atomic E-state index is 11.9. The molecule has 1 atom stereocenters. The average molecular weight is 281 g/mol. The third kappa shape index (κ3) is 2.78. The van der Waals surface area contributed by atoms with E-state index < -0.39 is 0 Å². The minimum absolute atomic E-state index is 0.272. The van der Waals surface area contributed by atoms with Gasteiger partial charge in [0.25, 0.3) is 0 Å². The summed E-state index contributed by atoms with van der Waals surface area (Å²) in [6, 6.07) is 0. The predicted molar refractivity (Wildman–Crippen MR) is 79.7 cm³/mol. The van der Waals surface area contributed by atoms with Crippen molar-refractivity contribution in [3.8, 4) is 0 Å². The fourth-order valence-electron chi connectivity index (χ4n) is 2.70. The Morgan fingerprint density at radius 1 is 1.47 bits per heavy atom. The van der Waals surface area contributed by atoms with Crippen molar-refractivity contribution < 1.29 is 9.53 Å². The molecule has 2 rings (SSSR count). The first-order chi connectivity index (χ1) is 8.84. The van der Waals surface area contributed by atoms with Gasteiger partial charge in [-0.2, -0.15) is 0 Å². The van der Waals surface area contributed by atoms with Crippen LogP contribution in [-0.4, -0.2) is 12.6 Å². The normalized spacial score (nSPS) is 19.1. The van der Waals surface area contributed by atoms with E-state index in [1.807, 2.05) is 6.92 Å². The highest BCUT2D eigenvalue weighted by Gasteiger charge is 2.32. The fourth-order valence-corrected chi connectivity index (χ4v) is 3.94. The van der Waals surface area contributed by atoms with E-state index in [1.165, 1.54) is 21.8 Å². The zero-order chi connectivity index (χ0) is 14.2. The molecule has 1 aliphatic carbocycles. The van der Waals surface area contributed by atoms with Gasteiger partial charge in [0.2, 0.25) is 0 Å². The second kappa shape index (κ2) is 5.16. The van der Waals surface area contributed by atoms with E-state index >= 15 is 0 Å². The zero-order valence-corrected chi connectivity index (χ0v) is 13.0. The molecule has 1 aromatic rings. The zero-order valence-electron chi connectivity index (χ0n) is 12.2. The van der Waals surface area contributed by atoms with Crippen LogP contribution in [0.3, 0.4) is 0 Å². The molecule has 1 unspecified atom stereocenters. The van der Waals surface area contributed by atoms with Gasteiger partial charge in [-0.1, -0.05) is 20.8 Å². The van der Waals surface area contributed by atoms with Crippen LogP contribution in [0, 0.1) is 11.3 Å². The third-order valence-electron chi connectivity index (χ3n) is 3.99. The van der Waals surface area contributed by atoms with Crippen molar-refractivity contribution >= 4 is 23.0 Å². The van der Waals surface area contributed by atoms with Crippen molar-refractivity contribution in [3.05, 3.63) is 15.3 Å². The minimum Gasteiger partial charge on any atom is -0.462 e. The Labute approximate surface area is 119 Å². The molecule has 0 aromatic carbocycles. The van der Waals surface area contributed by atoms with Crippen LogP contribution in [0.5, 0.6) is 0 Å². The highest BCUT2D eigenvalue weighted by Crippen LogP contribution is 2.43. The Morgan fingerprint density at radius 3 is 2.74 bits per heavy atom. The SMILES string of the molecule is CCOC(=O)c1sc2c(c1N)CCC(C(C)(C)C)C2. The van der Waals surface area contributed by atoms with E-state index in [0.717, 1.165) is 19.3 Å². The van der Waals surface area contributed by atoms with Gasteiger partial charge in [0.05, 0.1) is 12.3 Å². The number of hydrogen-bond acceptors (Lipinski definition) is 4. The van der Waals surface area contributed by atoms with Crippen LogP contribution in [0.15, 0.2) is 0 Å². The molecule has 106 valence electrons. The van der Waals surface area contributed by atoms with Gasteiger partial charge in [-0.15, -0.1) is 11.3 Å². The van der Waals surface area contributed by atoms with Crippen molar-refractivity contribution in [3.63, 3.8) is 0 Å². The minimum atomic E-state index is -0.272. The molecule has 1 aliphatic rings. The average Bonchev–Trinajstić information content (AvgIpc) is 2.66. The number of fused-ring (bicyclic) bond motifs is 1. The molecule has 19 heavy (non-hydrogen) atoms. The lowest BCUT2D eigenvalue weighted by Gasteiger charge is -2.33. The Hall–Kier alpha value is -1.03. The first-order valence-electron chi connectivity index (χ1n) is 6.91. The largest absolute Gasteiger partial charge is 0.462 e. The molecule has 0 spiro atoms. The smallest absolute Gasteiger partial charge is 0.350 e. The summed E-state index contributed by atoms with van der Waals surface area (Å²) in [6.07, 6.45) is 3.17. The van der Waals surface area contributed by atoms with Gasteiger partial charge < -0.3 is 10.5 Å². The van der Waals surface area contributed by atoms with Gasteiger partial charge in [-0.3, -0.25) is 0 Å². The first kappa shape index (κ1) is 14.4. The Kier molecular flexibility index (Phi) is 3.90. The monoisotopic (exact) mass is 281 g/mol. The van der Waals surface area contributed by atoms with Crippen LogP contribution in [-0.2, 0) is 17.6 Å². The summed E-state index contributed by atoms with van der Waals surface area (Å²) in [7, 11) is 0. The number of carbonyl (C=O) groups excluding carboxylic acids is 1. The molecule has 2 N–H and O–H groups in total. The van der Waals surface area contributed by atoms with E-state index in [1.54, 1.807) is 0 Å². The second-order valence-corrected chi connectivity index (χ2v) is 7.38. The molecule has 1 aromatic heterocycles. The summed E-state index contributed by atoms with van der Waals surface area (Å²) in [4.78, 5) is 13.8. The highest BCUT2D eigenvalue weighted by molar-refractivity contribution is 7.14. The van der Waals surface area contributed by atoms with Crippen LogP contribution in [0.1, 0.15) is 54.2 Å². The summed E-state index contributed by atoms with van der Waals surface area (Å²) in [5.74, 6) is 0.389. The van der Waals surface area contributed by atoms with Crippen molar-refractivity contribution in [2.24, 2.45) is 11.3 Å². The lowest BCUT2D eigenvalue weighted by atomic mass is 9.72. The maximum Gasteiger partial charge on any atom is 0.350 e. The number of thiophene rings is 1. The number of esters is 1. The number of rotatable bonds is 2. The topological polar surface area (TPSA) is 52.3 Å². The van der Waals surface area contributed by atoms with Crippen LogP contribution in [0.2, 0.25) is 0 Å². The van der Waals surface area contributed by atoms with E-state index in [2.05, 4.69) is 20.8 Å². The van der Waals surface area contributed by atoms with Gasteiger partial charge >= 0.3 is 5.97 Å². The first-order valence-corrected chi connectivity index (χ1v) is 7.73. The molecule has 0 radical (unpaired) electrons. The van der Waals surface area contributed by atoms with Crippen LogP contribution in [0.25, 0.3) is 0 Å². The molecule has 1 heterocycles. The summed E-state index contributed by atoms with van der Waals surface area (Å²) in [6.45, 7) is 9.06. The standard InChI is InChI=1S/C15H23NO2S/c1-5-18-14(17)13-12(16)10-7-6-9(15(2,3)4)8-11(10)19-13/h9H,5-8,16H2,1-4H3. The summed E-state index contributed by atoms with van der Waals surface area (Å²) < 4.78 is 5.07. The molecular weight excluding hydrogens is 258 g/mol. The van der Waals surface area contributed by atoms with Crippen LogP contribution < -0.4 is 5.73 Å². The molecular formula is C15H23NO2S. The number of carbonyl (C=O) groups is 1. The Bertz CT molecular complexity index is 485. The quantitative estimate of drug-likeness (QED) is 0.842. The number of hydrogen-bond donors (Lipinski definition) is 1. The Morgan fingerprint density at radius 2 is 2.16 bits per heavy atom. The van der Waals surface area contributed by atoms with Gasteiger partial charge in [0, 0.05) is 4.88 Å². The fraction of sp³-hybridized carbons (Fsp3) is 0.667. The van der Waals surface area contributed by atoms with E-state index in [9.17, 15) is 4.79 Å². The molecule has 0 fully saturated rings. The molecule has 0 aliphatic heterocycles. The van der Waals surface area contributed by atoms with Crippen molar-refractivity contribution in [2.75, 3.05) is 12.3 Å². The summed E-state index contributed by atoms with van der Waals surface area (Å²) in [5.41, 5.74) is 8.27.